The molecular formula is C19H17BrN2O4. The van der Waals surface area contributed by atoms with E-state index < -0.39 is 5.92 Å². The van der Waals surface area contributed by atoms with Gasteiger partial charge in [0.1, 0.15) is 17.4 Å². The van der Waals surface area contributed by atoms with Crippen molar-refractivity contribution < 1.29 is 19.0 Å². The molecule has 0 spiro atoms. The zero-order chi connectivity index (χ0) is 18.6. The number of ketones is 1. The second-order valence-electron chi connectivity index (χ2n) is 7.41. The number of benzene rings is 1. The van der Waals surface area contributed by atoms with E-state index in [1.165, 1.54) is 0 Å². The molecule has 0 aromatic heterocycles. The average molecular weight is 417 g/mol. The van der Waals surface area contributed by atoms with Gasteiger partial charge in [-0.25, -0.2) is 0 Å². The van der Waals surface area contributed by atoms with Crippen molar-refractivity contribution in [2.75, 3.05) is 6.79 Å². The highest BCUT2D eigenvalue weighted by atomic mass is 79.9. The van der Waals surface area contributed by atoms with E-state index in [0.717, 1.165) is 5.56 Å². The minimum atomic E-state index is -0.587. The third-order valence-electron chi connectivity index (χ3n) is 4.90. The lowest BCUT2D eigenvalue weighted by atomic mass is 9.70. The van der Waals surface area contributed by atoms with Crippen molar-refractivity contribution in [3.05, 3.63) is 45.0 Å². The van der Waals surface area contributed by atoms with Gasteiger partial charge in [0.2, 0.25) is 12.7 Å². The van der Waals surface area contributed by atoms with Crippen molar-refractivity contribution in [1.29, 1.82) is 5.26 Å². The standard InChI is InChI=1S/C19H17BrN2O4/c1-19(2)5-11(23)15-13(6-19)26-18(22)10(7-21)14(15)9-3-4-12-17(16(9)20)25-8-24-12/h3-4,14H,5-6,8,22H2,1-2H3. The van der Waals surface area contributed by atoms with E-state index in [2.05, 4.69) is 22.0 Å². The lowest BCUT2D eigenvalue weighted by Gasteiger charge is -2.37. The van der Waals surface area contributed by atoms with Gasteiger partial charge in [0.15, 0.2) is 17.3 Å². The van der Waals surface area contributed by atoms with Gasteiger partial charge in [0.05, 0.1) is 10.4 Å². The number of nitrogens with zero attached hydrogens (tertiary/aromatic N) is 1. The van der Waals surface area contributed by atoms with Crippen molar-refractivity contribution in [2.45, 2.75) is 32.6 Å². The maximum atomic E-state index is 13.0. The van der Waals surface area contributed by atoms with Crippen LogP contribution in [-0.2, 0) is 9.53 Å². The Balaban J connectivity index is 1.92. The molecule has 4 rings (SSSR count). The first-order valence-electron chi connectivity index (χ1n) is 8.24. The Labute approximate surface area is 159 Å². The van der Waals surface area contributed by atoms with E-state index >= 15 is 0 Å². The van der Waals surface area contributed by atoms with Crippen LogP contribution in [0.25, 0.3) is 0 Å². The fourth-order valence-corrected chi connectivity index (χ4v) is 4.44. The smallest absolute Gasteiger partial charge is 0.231 e. The molecule has 1 unspecified atom stereocenters. The first-order chi connectivity index (χ1) is 12.3. The third kappa shape index (κ3) is 2.48. The molecule has 0 saturated heterocycles. The minimum absolute atomic E-state index is 0.0222. The molecule has 0 amide bonds. The SMILES string of the molecule is CC1(C)CC(=O)C2=C(C1)OC(N)=C(C#N)C2c1ccc2c(c1Br)OCO2. The van der Waals surface area contributed by atoms with Crippen LogP contribution in [-0.4, -0.2) is 12.6 Å². The van der Waals surface area contributed by atoms with Gasteiger partial charge in [-0.05, 0) is 33.0 Å². The predicted octanol–water partition coefficient (Wildman–Crippen LogP) is 3.63. The fourth-order valence-electron chi connectivity index (χ4n) is 3.77. The van der Waals surface area contributed by atoms with Crippen molar-refractivity contribution in [3.63, 3.8) is 0 Å². The van der Waals surface area contributed by atoms with Crippen LogP contribution in [0.5, 0.6) is 11.5 Å². The Kier molecular flexibility index (Phi) is 3.77. The third-order valence-corrected chi connectivity index (χ3v) is 5.71. The summed E-state index contributed by atoms with van der Waals surface area (Å²) in [5.41, 5.74) is 7.30. The van der Waals surface area contributed by atoms with E-state index in [9.17, 15) is 10.1 Å². The number of carbonyl (C=O) groups is 1. The van der Waals surface area contributed by atoms with Crippen molar-refractivity contribution in [2.24, 2.45) is 11.1 Å². The Bertz CT molecular complexity index is 940. The summed E-state index contributed by atoms with van der Waals surface area (Å²) in [4.78, 5) is 13.0. The summed E-state index contributed by atoms with van der Waals surface area (Å²) in [7, 11) is 0. The molecule has 1 aromatic rings. The summed E-state index contributed by atoms with van der Waals surface area (Å²) in [5, 5.41) is 9.68. The number of carbonyl (C=O) groups excluding carboxylic acids is 1. The van der Waals surface area contributed by atoms with E-state index in [-0.39, 0.29) is 29.4 Å². The maximum Gasteiger partial charge on any atom is 0.231 e. The molecule has 0 fully saturated rings. The molecule has 0 saturated carbocycles. The molecule has 1 aliphatic carbocycles. The maximum absolute atomic E-state index is 13.0. The summed E-state index contributed by atoms with van der Waals surface area (Å²) < 4.78 is 17.3. The van der Waals surface area contributed by atoms with Crippen LogP contribution >= 0.6 is 15.9 Å². The van der Waals surface area contributed by atoms with Gasteiger partial charge in [0.25, 0.3) is 0 Å². The molecule has 26 heavy (non-hydrogen) atoms. The highest BCUT2D eigenvalue weighted by Gasteiger charge is 2.44. The summed E-state index contributed by atoms with van der Waals surface area (Å²) in [5.74, 6) is 1.18. The summed E-state index contributed by atoms with van der Waals surface area (Å²) >= 11 is 3.55. The molecule has 0 radical (unpaired) electrons. The fraction of sp³-hybridized carbons (Fsp3) is 0.368. The van der Waals surface area contributed by atoms with E-state index in [0.29, 0.717) is 40.1 Å². The monoisotopic (exact) mass is 416 g/mol. The number of nitrogens with two attached hydrogens (primary N) is 1. The van der Waals surface area contributed by atoms with Gasteiger partial charge >= 0.3 is 0 Å². The highest BCUT2D eigenvalue weighted by molar-refractivity contribution is 9.10. The number of ether oxygens (including phenoxy) is 3. The van der Waals surface area contributed by atoms with Crippen LogP contribution in [0, 0.1) is 16.7 Å². The molecule has 1 atom stereocenters. The normalized spacial score (nSPS) is 23.5. The molecule has 2 heterocycles. The van der Waals surface area contributed by atoms with Crippen molar-refractivity contribution in [1.82, 2.24) is 0 Å². The number of hydrogen-bond acceptors (Lipinski definition) is 6. The molecule has 0 bridgehead atoms. The van der Waals surface area contributed by atoms with Gasteiger partial charge < -0.3 is 19.9 Å². The number of hydrogen-bond donors (Lipinski definition) is 1. The zero-order valence-corrected chi connectivity index (χ0v) is 16.0. The lowest BCUT2D eigenvalue weighted by molar-refractivity contribution is -0.119. The first kappa shape index (κ1) is 17.0. The largest absolute Gasteiger partial charge is 0.454 e. The van der Waals surface area contributed by atoms with E-state index in [1.54, 1.807) is 6.07 Å². The number of allylic oxidation sites excluding steroid dienone is 3. The first-order valence-corrected chi connectivity index (χ1v) is 9.03. The minimum Gasteiger partial charge on any atom is -0.454 e. The molecule has 6 nitrogen and oxygen atoms in total. The van der Waals surface area contributed by atoms with Crippen LogP contribution in [0.15, 0.2) is 39.4 Å². The van der Waals surface area contributed by atoms with Gasteiger partial charge in [-0.3, -0.25) is 4.79 Å². The number of Topliss-reactive ketones (excluding diaryl/α,β-unsaturated/α-hetero) is 1. The van der Waals surface area contributed by atoms with Gasteiger partial charge in [-0.2, -0.15) is 5.26 Å². The molecule has 3 aliphatic rings. The van der Waals surface area contributed by atoms with Gasteiger partial charge in [-0.15, -0.1) is 0 Å². The molecule has 2 aliphatic heterocycles. The van der Waals surface area contributed by atoms with Crippen LogP contribution in [0.3, 0.4) is 0 Å². The zero-order valence-electron chi connectivity index (χ0n) is 14.4. The van der Waals surface area contributed by atoms with Crippen molar-refractivity contribution in [3.8, 4) is 17.6 Å². The predicted molar refractivity (Wildman–Crippen MR) is 96.0 cm³/mol. The molecule has 1 aromatic carbocycles. The average Bonchev–Trinajstić information content (AvgIpc) is 3.02. The quantitative estimate of drug-likeness (QED) is 0.750. The summed E-state index contributed by atoms with van der Waals surface area (Å²) in [6.07, 6.45) is 0.985. The van der Waals surface area contributed by atoms with E-state index in [4.69, 9.17) is 19.9 Å². The molecular weight excluding hydrogens is 400 g/mol. The highest BCUT2D eigenvalue weighted by Crippen LogP contribution is 2.51. The van der Waals surface area contributed by atoms with Crippen LogP contribution in [0.1, 0.15) is 38.2 Å². The Morgan fingerprint density at radius 2 is 2.08 bits per heavy atom. The van der Waals surface area contributed by atoms with Crippen LogP contribution in [0.2, 0.25) is 0 Å². The Hall–Kier alpha value is -2.46. The second kappa shape index (κ2) is 5.78. The second-order valence-corrected chi connectivity index (χ2v) is 8.20. The van der Waals surface area contributed by atoms with Crippen molar-refractivity contribution >= 4 is 21.7 Å². The molecule has 7 heteroatoms. The Morgan fingerprint density at radius 1 is 1.31 bits per heavy atom. The number of halogens is 1. The number of fused-ring (bicyclic) bond motifs is 1. The van der Waals surface area contributed by atoms with E-state index in [1.807, 2.05) is 19.9 Å². The van der Waals surface area contributed by atoms with Crippen LogP contribution < -0.4 is 15.2 Å². The van der Waals surface area contributed by atoms with Crippen LogP contribution in [0.4, 0.5) is 0 Å². The Morgan fingerprint density at radius 3 is 2.81 bits per heavy atom. The molecule has 2 N–H and O–H groups in total. The topological polar surface area (TPSA) is 94.6 Å². The number of nitriles is 1. The number of rotatable bonds is 1. The summed E-state index contributed by atoms with van der Waals surface area (Å²) in [6, 6.07) is 5.73. The molecule has 134 valence electrons. The summed E-state index contributed by atoms with van der Waals surface area (Å²) in [6.45, 7) is 4.17. The lowest BCUT2D eigenvalue weighted by Crippen LogP contribution is -2.33. The van der Waals surface area contributed by atoms with Gasteiger partial charge in [-0.1, -0.05) is 19.9 Å². The van der Waals surface area contributed by atoms with Gasteiger partial charge in [0, 0.05) is 18.4 Å².